The fourth-order valence-electron chi connectivity index (χ4n) is 1.82. The maximum atomic E-state index is 12.0. The summed E-state index contributed by atoms with van der Waals surface area (Å²) in [5.41, 5.74) is 1.18. The number of carbonyl (C=O) groups excluding carboxylic acids is 1. The van der Waals surface area contributed by atoms with Crippen molar-refractivity contribution in [3.8, 4) is 5.75 Å². The molecule has 0 aliphatic rings. The molecule has 0 bridgehead atoms. The fourth-order valence-corrected chi connectivity index (χ4v) is 2.03. The van der Waals surface area contributed by atoms with Crippen LogP contribution in [-0.4, -0.2) is 29.9 Å². The molecule has 1 aromatic carbocycles. The molecule has 22 heavy (non-hydrogen) atoms. The molecule has 1 N–H and O–H groups in total. The largest absolute Gasteiger partial charge is 0.497 e. The summed E-state index contributed by atoms with van der Waals surface area (Å²) in [6, 6.07) is 7.53. The first-order valence-electron chi connectivity index (χ1n) is 6.70. The summed E-state index contributed by atoms with van der Waals surface area (Å²) in [5.74, 6) is 0.542. The molecule has 6 nitrogen and oxygen atoms in total. The van der Waals surface area contributed by atoms with E-state index < -0.39 is 5.97 Å². The Kier molecular flexibility index (Phi) is 5.55. The van der Waals surface area contributed by atoms with Crippen molar-refractivity contribution in [1.29, 1.82) is 0 Å². The number of carbonyl (C=O) groups is 1. The van der Waals surface area contributed by atoms with Gasteiger partial charge < -0.3 is 14.8 Å². The van der Waals surface area contributed by atoms with E-state index in [1.165, 1.54) is 6.20 Å². The molecule has 2 rings (SSSR count). The number of esters is 1. The highest BCUT2D eigenvalue weighted by Crippen LogP contribution is 2.22. The van der Waals surface area contributed by atoms with Gasteiger partial charge >= 0.3 is 5.97 Å². The predicted molar refractivity (Wildman–Crippen MR) is 83.3 cm³/mol. The van der Waals surface area contributed by atoms with Crippen LogP contribution in [0.2, 0.25) is 5.02 Å². The first-order valence-corrected chi connectivity index (χ1v) is 7.08. The number of hydrogen-bond acceptors (Lipinski definition) is 6. The number of methoxy groups -OCH3 is 1. The van der Waals surface area contributed by atoms with E-state index in [1.807, 2.05) is 24.3 Å². The van der Waals surface area contributed by atoms with Crippen molar-refractivity contribution in [3.63, 3.8) is 0 Å². The molecule has 0 aliphatic heterocycles. The lowest BCUT2D eigenvalue weighted by atomic mass is 10.2. The summed E-state index contributed by atoms with van der Waals surface area (Å²) < 4.78 is 10.1. The Bertz CT molecular complexity index is 647. The third kappa shape index (κ3) is 3.85. The molecule has 1 heterocycles. The highest BCUT2D eigenvalue weighted by molar-refractivity contribution is 6.34. The maximum Gasteiger partial charge on any atom is 0.343 e. The van der Waals surface area contributed by atoms with Crippen molar-refractivity contribution in [2.24, 2.45) is 0 Å². The van der Waals surface area contributed by atoms with Crippen molar-refractivity contribution in [2.75, 3.05) is 19.0 Å². The number of ether oxygens (including phenoxy) is 2. The SMILES string of the molecule is CCOC(=O)c1c(Cl)cnnc1NCc1ccc(OC)cc1. The van der Waals surface area contributed by atoms with E-state index in [1.54, 1.807) is 14.0 Å². The molecule has 0 atom stereocenters. The lowest BCUT2D eigenvalue weighted by Gasteiger charge is -2.11. The molecule has 1 aromatic heterocycles. The molecule has 0 saturated carbocycles. The lowest BCUT2D eigenvalue weighted by molar-refractivity contribution is 0.0527. The minimum Gasteiger partial charge on any atom is -0.497 e. The van der Waals surface area contributed by atoms with Crippen molar-refractivity contribution in [3.05, 3.63) is 46.6 Å². The summed E-state index contributed by atoms with van der Waals surface area (Å²) in [5, 5.41) is 10.9. The summed E-state index contributed by atoms with van der Waals surface area (Å²) >= 11 is 6.02. The second kappa shape index (κ2) is 7.61. The topological polar surface area (TPSA) is 73.3 Å². The standard InChI is InChI=1S/C15H16ClN3O3/c1-3-22-15(20)13-12(16)9-18-19-14(13)17-8-10-4-6-11(21-2)7-5-10/h4-7,9H,3,8H2,1-2H3,(H,17,19). The average Bonchev–Trinajstić information content (AvgIpc) is 2.53. The van der Waals surface area contributed by atoms with Crippen LogP contribution in [-0.2, 0) is 11.3 Å². The van der Waals surface area contributed by atoms with E-state index >= 15 is 0 Å². The summed E-state index contributed by atoms with van der Waals surface area (Å²) in [6.45, 7) is 2.45. The number of aromatic nitrogens is 2. The van der Waals surface area contributed by atoms with Crippen molar-refractivity contribution in [1.82, 2.24) is 10.2 Å². The zero-order valence-electron chi connectivity index (χ0n) is 12.3. The molecule has 0 fully saturated rings. The van der Waals surface area contributed by atoms with Crippen LogP contribution in [0.25, 0.3) is 0 Å². The number of nitrogens with one attached hydrogen (secondary N) is 1. The predicted octanol–water partition coefficient (Wildman–Crippen LogP) is 2.93. The van der Waals surface area contributed by atoms with Gasteiger partial charge in [-0.1, -0.05) is 23.7 Å². The second-order valence-corrected chi connectivity index (χ2v) is 4.75. The Morgan fingerprint density at radius 3 is 2.68 bits per heavy atom. The third-order valence-corrected chi connectivity index (χ3v) is 3.19. The van der Waals surface area contributed by atoms with Crippen LogP contribution < -0.4 is 10.1 Å². The zero-order valence-corrected chi connectivity index (χ0v) is 13.1. The van der Waals surface area contributed by atoms with E-state index in [-0.39, 0.29) is 17.2 Å². The minimum absolute atomic E-state index is 0.187. The quantitative estimate of drug-likeness (QED) is 0.825. The van der Waals surface area contributed by atoms with Gasteiger partial charge in [-0.3, -0.25) is 0 Å². The molecule has 0 radical (unpaired) electrons. The van der Waals surface area contributed by atoms with Gasteiger partial charge in [0.25, 0.3) is 0 Å². The van der Waals surface area contributed by atoms with E-state index in [2.05, 4.69) is 15.5 Å². The number of benzene rings is 1. The Hall–Kier alpha value is -2.34. The normalized spacial score (nSPS) is 10.1. The van der Waals surface area contributed by atoms with E-state index in [4.69, 9.17) is 21.1 Å². The van der Waals surface area contributed by atoms with Crippen LogP contribution >= 0.6 is 11.6 Å². The van der Waals surface area contributed by atoms with E-state index in [9.17, 15) is 4.79 Å². The highest BCUT2D eigenvalue weighted by Gasteiger charge is 2.18. The fraction of sp³-hybridized carbons (Fsp3) is 0.267. The number of halogens is 1. The maximum absolute atomic E-state index is 12.0. The molecule has 0 unspecified atom stereocenters. The van der Waals surface area contributed by atoms with Crippen LogP contribution in [0.15, 0.2) is 30.5 Å². The van der Waals surface area contributed by atoms with Gasteiger partial charge in [-0.2, -0.15) is 5.10 Å². The van der Waals surface area contributed by atoms with Crippen molar-refractivity contribution >= 4 is 23.4 Å². The molecule has 116 valence electrons. The van der Waals surface area contributed by atoms with Gasteiger partial charge in [-0.25, -0.2) is 4.79 Å². The van der Waals surface area contributed by atoms with Gasteiger partial charge in [0.2, 0.25) is 0 Å². The van der Waals surface area contributed by atoms with Crippen LogP contribution in [0.4, 0.5) is 5.82 Å². The van der Waals surface area contributed by atoms with Crippen molar-refractivity contribution in [2.45, 2.75) is 13.5 Å². The monoisotopic (exact) mass is 321 g/mol. The van der Waals surface area contributed by atoms with Gasteiger partial charge in [0, 0.05) is 6.54 Å². The molecule has 7 heteroatoms. The van der Waals surface area contributed by atoms with E-state index in [0.717, 1.165) is 11.3 Å². The number of nitrogens with zero attached hydrogens (tertiary/aromatic N) is 2. The smallest absolute Gasteiger partial charge is 0.343 e. The Morgan fingerprint density at radius 1 is 1.32 bits per heavy atom. The lowest BCUT2D eigenvalue weighted by Crippen LogP contribution is -2.13. The number of anilines is 1. The first-order chi connectivity index (χ1) is 10.7. The minimum atomic E-state index is -0.528. The van der Waals surface area contributed by atoms with Gasteiger partial charge in [0.05, 0.1) is 24.9 Å². The Balaban J connectivity index is 2.15. The van der Waals surface area contributed by atoms with Crippen LogP contribution in [0, 0.1) is 0 Å². The summed E-state index contributed by atoms with van der Waals surface area (Å²) in [4.78, 5) is 12.0. The highest BCUT2D eigenvalue weighted by atomic mass is 35.5. The molecule has 0 aliphatic carbocycles. The summed E-state index contributed by atoms with van der Waals surface area (Å²) in [6.07, 6.45) is 1.31. The van der Waals surface area contributed by atoms with Gasteiger partial charge in [-0.05, 0) is 24.6 Å². The van der Waals surface area contributed by atoms with Gasteiger partial charge in [0.15, 0.2) is 5.82 Å². The zero-order chi connectivity index (χ0) is 15.9. The number of rotatable bonds is 6. The van der Waals surface area contributed by atoms with Crippen LogP contribution in [0.5, 0.6) is 5.75 Å². The molecule has 0 saturated heterocycles. The molecule has 2 aromatic rings. The Morgan fingerprint density at radius 2 is 2.05 bits per heavy atom. The van der Waals surface area contributed by atoms with Gasteiger partial charge in [-0.15, -0.1) is 5.10 Å². The molecule has 0 spiro atoms. The third-order valence-electron chi connectivity index (χ3n) is 2.90. The average molecular weight is 322 g/mol. The van der Waals surface area contributed by atoms with Crippen LogP contribution in [0.3, 0.4) is 0 Å². The second-order valence-electron chi connectivity index (χ2n) is 4.34. The van der Waals surface area contributed by atoms with E-state index in [0.29, 0.717) is 12.4 Å². The first kappa shape index (κ1) is 16.0. The molecular weight excluding hydrogens is 306 g/mol. The Labute approximate surface area is 133 Å². The van der Waals surface area contributed by atoms with Crippen molar-refractivity contribution < 1.29 is 14.3 Å². The van der Waals surface area contributed by atoms with Gasteiger partial charge in [0.1, 0.15) is 11.3 Å². The molecular formula is C15H16ClN3O3. The number of hydrogen-bond donors (Lipinski definition) is 1. The summed E-state index contributed by atoms with van der Waals surface area (Å²) in [7, 11) is 1.61. The van der Waals surface area contributed by atoms with Crippen LogP contribution in [0.1, 0.15) is 22.8 Å². The molecule has 0 amide bonds.